The number of pyridine rings is 1. The number of nitrogens with zero attached hydrogens (tertiary/aromatic N) is 2. The Balaban J connectivity index is 1.55. The van der Waals surface area contributed by atoms with Crippen molar-refractivity contribution < 1.29 is 19.4 Å². The summed E-state index contributed by atoms with van der Waals surface area (Å²) in [5.41, 5.74) is 5.28. The second-order valence-corrected chi connectivity index (χ2v) is 7.24. The van der Waals surface area contributed by atoms with Gasteiger partial charge in [0.2, 0.25) is 0 Å². The van der Waals surface area contributed by atoms with Crippen molar-refractivity contribution in [1.82, 2.24) is 4.98 Å². The van der Waals surface area contributed by atoms with Crippen LogP contribution in [0.5, 0.6) is 0 Å². The van der Waals surface area contributed by atoms with E-state index in [1.54, 1.807) is 12.1 Å². The molecule has 0 radical (unpaired) electrons. The van der Waals surface area contributed by atoms with Crippen LogP contribution in [0, 0.1) is 6.92 Å². The fourth-order valence-corrected chi connectivity index (χ4v) is 3.86. The van der Waals surface area contributed by atoms with E-state index in [-0.39, 0.29) is 25.5 Å². The van der Waals surface area contributed by atoms with Gasteiger partial charge in [0.15, 0.2) is 0 Å². The predicted molar refractivity (Wildman–Crippen MR) is 114 cm³/mol. The van der Waals surface area contributed by atoms with E-state index >= 15 is 0 Å². The standard InChI is InChI=1S/C24H22N2O4/c1-16-7-6-12-22(25-16)26(14-13-23(27)28)24(29)30-15-21-19-10-4-2-8-17(19)18-9-3-5-11-20(18)21/h2-12,21H,13-15H2,1H3,(H,27,28). The average Bonchev–Trinajstić information content (AvgIpc) is 3.06. The van der Waals surface area contributed by atoms with Gasteiger partial charge in [-0.1, -0.05) is 54.6 Å². The summed E-state index contributed by atoms with van der Waals surface area (Å²) < 4.78 is 5.68. The summed E-state index contributed by atoms with van der Waals surface area (Å²) in [6, 6.07) is 21.5. The highest BCUT2D eigenvalue weighted by Gasteiger charge is 2.30. The molecule has 1 N–H and O–H groups in total. The Hall–Kier alpha value is -3.67. The minimum absolute atomic E-state index is 0.0114. The molecule has 2 aromatic carbocycles. The maximum Gasteiger partial charge on any atom is 0.415 e. The molecule has 3 aromatic rings. The first-order chi connectivity index (χ1) is 14.5. The lowest BCUT2D eigenvalue weighted by Crippen LogP contribution is -2.35. The number of carboxylic acids is 1. The minimum Gasteiger partial charge on any atom is -0.481 e. The highest BCUT2D eigenvalue weighted by atomic mass is 16.6. The molecule has 1 heterocycles. The molecule has 0 aliphatic heterocycles. The minimum atomic E-state index is -0.987. The van der Waals surface area contributed by atoms with Crippen molar-refractivity contribution in [2.75, 3.05) is 18.1 Å². The number of carbonyl (C=O) groups is 2. The third kappa shape index (κ3) is 3.89. The Labute approximate surface area is 174 Å². The third-order valence-corrected chi connectivity index (χ3v) is 5.26. The van der Waals surface area contributed by atoms with Gasteiger partial charge in [-0.2, -0.15) is 0 Å². The average molecular weight is 402 g/mol. The molecular weight excluding hydrogens is 380 g/mol. The molecule has 1 aromatic heterocycles. The maximum absolute atomic E-state index is 12.9. The number of carbonyl (C=O) groups excluding carboxylic acids is 1. The number of aromatic nitrogens is 1. The molecule has 0 fully saturated rings. The molecule has 4 rings (SSSR count). The molecule has 0 saturated carbocycles. The first-order valence-corrected chi connectivity index (χ1v) is 9.82. The fraction of sp³-hybridized carbons (Fsp3) is 0.208. The van der Waals surface area contributed by atoms with Gasteiger partial charge in [-0.3, -0.25) is 9.69 Å². The molecule has 1 amide bonds. The van der Waals surface area contributed by atoms with Crippen molar-refractivity contribution in [1.29, 1.82) is 0 Å². The summed E-state index contributed by atoms with van der Waals surface area (Å²) in [6.45, 7) is 1.97. The van der Waals surface area contributed by atoms with Crippen molar-refractivity contribution in [2.24, 2.45) is 0 Å². The van der Waals surface area contributed by atoms with Gasteiger partial charge in [-0.15, -0.1) is 0 Å². The number of rotatable bonds is 6. The fourth-order valence-electron chi connectivity index (χ4n) is 3.86. The van der Waals surface area contributed by atoms with E-state index in [0.29, 0.717) is 5.82 Å². The molecule has 6 nitrogen and oxygen atoms in total. The smallest absolute Gasteiger partial charge is 0.415 e. The second-order valence-electron chi connectivity index (χ2n) is 7.24. The normalized spacial score (nSPS) is 12.2. The number of carboxylic acid groups (broad SMARTS) is 1. The van der Waals surface area contributed by atoms with Gasteiger partial charge in [0.25, 0.3) is 0 Å². The molecule has 0 unspecified atom stereocenters. The van der Waals surface area contributed by atoms with Crippen LogP contribution in [0.3, 0.4) is 0 Å². The van der Waals surface area contributed by atoms with E-state index in [9.17, 15) is 9.59 Å². The van der Waals surface area contributed by atoms with Crippen LogP contribution < -0.4 is 4.90 Å². The largest absolute Gasteiger partial charge is 0.481 e. The topological polar surface area (TPSA) is 79.7 Å². The lowest BCUT2D eigenvalue weighted by Gasteiger charge is -2.22. The van der Waals surface area contributed by atoms with Crippen LogP contribution in [-0.2, 0) is 9.53 Å². The summed E-state index contributed by atoms with van der Waals surface area (Å²) >= 11 is 0. The Bertz CT molecular complexity index is 1050. The van der Waals surface area contributed by atoms with Gasteiger partial charge in [-0.05, 0) is 41.3 Å². The molecule has 0 bridgehead atoms. The van der Waals surface area contributed by atoms with E-state index in [0.717, 1.165) is 27.9 Å². The Kier molecular flexibility index (Phi) is 5.48. The zero-order chi connectivity index (χ0) is 21.1. The van der Waals surface area contributed by atoms with Crippen molar-refractivity contribution in [3.05, 3.63) is 83.6 Å². The van der Waals surface area contributed by atoms with Crippen LogP contribution in [0.1, 0.15) is 29.2 Å². The van der Waals surface area contributed by atoms with Gasteiger partial charge in [0.05, 0.1) is 6.42 Å². The monoisotopic (exact) mass is 402 g/mol. The first kappa shape index (κ1) is 19.6. The van der Waals surface area contributed by atoms with Crippen LogP contribution in [0.25, 0.3) is 11.1 Å². The van der Waals surface area contributed by atoms with Gasteiger partial charge >= 0.3 is 12.1 Å². The second kappa shape index (κ2) is 8.37. The summed E-state index contributed by atoms with van der Waals surface area (Å²) in [5, 5.41) is 9.07. The number of ether oxygens (including phenoxy) is 1. The number of fused-ring (bicyclic) bond motifs is 3. The third-order valence-electron chi connectivity index (χ3n) is 5.26. The summed E-state index contributed by atoms with van der Waals surface area (Å²) in [5.74, 6) is -0.666. The van der Waals surface area contributed by atoms with Crippen LogP contribution >= 0.6 is 0 Å². The molecule has 30 heavy (non-hydrogen) atoms. The molecule has 0 spiro atoms. The highest BCUT2D eigenvalue weighted by molar-refractivity contribution is 5.87. The SMILES string of the molecule is Cc1cccc(N(CCC(=O)O)C(=O)OCC2c3ccccc3-c3ccccc32)n1. The molecule has 6 heteroatoms. The Morgan fingerprint density at radius 2 is 1.60 bits per heavy atom. The number of anilines is 1. The lowest BCUT2D eigenvalue weighted by molar-refractivity contribution is -0.136. The lowest BCUT2D eigenvalue weighted by atomic mass is 9.98. The molecule has 0 saturated heterocycles. The molecule has 152 valence electrons. The van der Waals surface area contributed by atoms with E-state index < -0.39 is 12.1 Å². The van der Waals surface area contributed by atoms with Gasteiger partial charge in [0.1, 0.15) is 12.4 Å². The van der Waals surface area contributed by atoms with Gasteiger partial charge in [-0.25, -0.2) is 9.78 Å². The number of benzene rings is 2. The quantitative estimate of drug-likeness (QED) is 0.651. The maximum atomic E-state index is 12.9. The van der Waals surface area contributed by atoms with Gasteiger partial charge in [0, 0.05) is 18.2 Å². The Morgan fingerprint density at radius 1 is 0.967 bits per heavy atom. The van der Waals surface area contributed by atoms with Crippen LogP contribution in [0.15, 0.2) is 66.7 Å². The first-order valence-electron chi connectivity index (χ1n) is 9.82. The van der Waals surface area contributed by atoms with Crippen molar-refractivity contribution in [2.45, 2.75) is 19.3 Å². The number of amides is 1. The zero-order valence-corrected chi connectivity index (χ0v) is 16.6. The van der Waals surface area contributed by atoms with Crippen LogP contribution in [0.4, 0.5) is 10.6 Å². The number of aryl methyl sites for hydroxylation is 1. The van der Waals surface area contributed by atoms with Crippen molar-refractivity contribution in [3.8, 4) is 11.1 Å². The molecule has 1 aliphatic rings. The van der Waals surface area contributed by atoms with Crippen molar-refractivity contribution in [3.63, 3.8) is 0 Å². The number of aliphatic carboxylic acids is 1. The van der Waals surface area contributed by atoms with E-state index in [2.05, 4.69) is 29.2 Å². The van der Waals surface area contributed by atoms with Crippen LogP contribution in [0.2, 0.25) is 0 Å². The highest BCUT2D eigenvalue weighted by Crippen LogP contribution is 2.44. The van der Waals surface area contributed by atoms with E-state index in [1.807, 2.05) is 37.3 Å². The predicted octanol–water partition coefficient (Wildman–Crippen LogP) is 4.62. The summed E-state index contributed by atoms with van der Waals surface area (Å²) in [7, 11) is 0. The summed E-state index contributed by atoms with van der Waals surface area (Å²) in [6.07, 6.45) is -0.795. The number of hydrogen-bond acceptors (Lipinski definition) is 4. The molecular formula is C24H22N2O4. The van der Waals surface area contributed by atoms with Gasteiger partial charge < -0.3 is 9.84 Å². The molecule has 1 aliphatic carbocycles. The van der Waals surface area contributed by atoms with Crippen LogP contribution in [-0.4, -0.2) is 35.3 Å². The number of hydrogen-bond donors (Lipinski definition) is 1. The van der Waals surface area contributed by atoms with E-state index in [1.165, 1.54) is 4.90 Å². The summed E-state index contributed by atoms with van der Waals surface area (Å²) in [4.78, 5) is 29.6. The van der Waals surface area contributed by atoms with E-state index in [4.69, 9.17) is 9.84 Å². The molecule has 0 atom stereocenters. The van der Waals surface area contributed by atoms with Crippen molar-refractivity contribution >= 4 is 17.9 Å². The Morgan fingerprint density at radius 3 is 2.20 bits per heavy atom. The zero-order valence-electron chi connectivity index (χ0n) is 16.6.